The van der Waals surface area contributed by atoms with Crippen LogP contribution in [0.25, 0.3) is 129 Å². The molecule has 0 aromatic heterocycles. The van der Waals surface area contributed by atoms with Gasteiger partial charge in [-0.05, 0) is 313 Å². The van der Waals surface area contributed by atoms with Gasteiger partial charge in [-0.25, -0.2) is 0 Å². The Morgan fingerprint density at radius 1 is 0.0982 bits per heavy atom. The normalized spacial score (nSPS) is 12.9. The van der Waals surface area contributed by atoms with Gasteiger partial charge in [-0.15, -0.1) is 0 Å². The number of rotatable bonds is 16. The molecule has 0 saturated heterocycles. The van der Waals surface area contributed by atoms with Gasteiger partial charge in [0.15, 0.2) is 0 Å². The molecule has 0 aliphatic rings. The topological polar surface area (TPSA) is 0 Å². The summed E-state index contributed by atoms with van der Waals surface area (Å²) in [7, 11) is 0. The highest BCUT2D eigenvalue weighted by Crippen LogP contribution is 2.52. The third kappa shape index (κ3) is 14.0. The van der Waals surface area contributed by atoms with Crippen molar-refractivity contribution < 1.29 is 0 Å². The summed E-state index contributed by atoms with van der Waals surface area (Å²) in [6, 6.07) is 58.1. The first-order chi connectivity index (χ1) is 52.9. The van der Waals surface area contributed by atoms with Gasteiger partial charge in [0.1, 0.15) is 0 Å². The van der Waals surface area contributed by atoms with Gasteiger partial charge in [0.2, 0.25) is 0 Å². The molecule has 112 heavy (non-hydrogen) atoms. The average Bonchev–Trinajstić information content (AvgIpc) is 0.733. The standard InChI is InChI=1S/4C28H34/c4*1-15(2)23-13-24(16(3)4)20-11-12-22-26(18(7)8)14-25(17(5)6)21-10-9-19(23)27(20)28(21)22/h4*9-18H,1-8H3. The molecule has 16 aromatic carbocycles. The Balaban J connectivity index is 0.000000131. The van der Waals surface area contributed by atoms with Crippen molar-refractivity contribution in [1.29, 1.82) is 0 Å². The molecule has 0 bridgehead atoms. The summed E-state index contributed by atoms with van der Waals surface area (Å²) < 4.78 is 0. The first-order valence-electron chi connectivity index (χ1n) is 44.0. The van der Waals surface area contributed by atoms with E-state index in [1.807, 2.05) is 0 Å². The maximum atomic E-state index is 2.48. The van der Waals surface area contributed by atoms with Gasteiger partial charge in [0.25, 0.3) is 0 Å². The molecule has 0 aliphatic carbocycles. The Bertz CT molecular complexity index is 4660. The maximum Gasteiger partial charge on any atom is -0.00209 e. The van der Waals surface area contributed by atoms with Crippen molar-refractivity contribution in [3.63, 3.8) is 0 Å². The van der Waals surface area contributed by atoms with E-state index >= 15 is 0 Å². The summed E-state index contributed by atoms with van der Waals surface area (Å²) in [4.78, 5) is 0. The Morgan fingerprint density at radius 3 is 0.196 bits per heavy atom. The lowest BCUT2D eigenvalue weighted by Crippen LogP contribution is -2.02. The number of hydrogen-bond donors (Lipinski definition) is 0. The van der Waals surface area contributed by atoms with E-state index in [9.17, 15) is 0 Å². The van der Waals surface area contributed by atoms with E-state index in [0.29, 0.717) is 94.7 Å². The van der Waals surface area contributed by atoms with Crippen molar-refractivity contribution in [3.05, 3.63) is 235 Å². The van der Waals surface area contributed by atoms with Crippen LogP contribution in [0.1, 0.15) is 405 Å². The van der Waals surface area contributed by atoms with Crippen molar-refractivity contribution in [3.8, 4) is 0 Å². The third-order valence-electron chi connectivity index (χ3n) is 26.1. The van der Waals surface area contributed by atoms with E-state index in [-0.39, 0.29) is 0 Å². The smallest absolute Gasteiger partial charge is 0.00209 e. The fourth-order valence-corrected chi connectivity index (χ4v) is 20.1. The molecule has 0 spiro atoms. The van der Waals surface area contributed by atoms with Crippen LogP contribution >= 0.6 is 0 Å². The zero-order valence-electron chi connectivity index (χ0n) is 75.1. The second-order valence-corrected chi connectivity index (χ2v) is 39.2. The minimum atomic E-state index is 0.524. The molecule has 0 atom stereocenters. The molecule has 0 heteroatoms. The summed E-state index contributed by atoms with van der Waals surface area (Å²) in [6.45, 7) is 74.5. The first-order valence-corrected chi connectivity index (χ1v) is 44.0. The lowest BCUT2D eigenvalue weighted by atomic mass is 9.80. The molecule has 0 N–H and O–H groups in total. The molecule has 16 rings (SSSR count). The van der Waals surface area contributed by atoms with Gasteiger partial charge >= 0.3 is 0 Å². The number of hydrogen-bond acceptors (Lipinski definition) is 0. The SMILES string of the molecule is CC(C)c1cc(C(C)C)c2ccc3c(C(C)C)cc(C(C)C)c4ccc1c2c43.CC(C)c1cc(C(C)C)c2ccc3c(C(C)C)cc(C(C)C)c4ccc1c2c43.CC(C)c1cc(C(C)C)c2ccc3c(C(C)C)cc(C(C)C)c4ccc1c2c43.CC(C)c1cc(C(C)C)c2ccc3c(C(C)C)cc(C(C)C)c4ccc1c2c43. The fourth-order valence-electron chi connectivity index (χ4n) is 20.1. The quantitative estimate of drug-likeness (QED) is 0.0846. The van der Waals surface area contributed by atoms with Crippen LogP contribution in [0.4, 0.5) is 0 Å². The largest absolute Gasteiger partial charge is 0.0587 e. The second kappa shape index (κ2) is 31.5. The van der Waals surface area contributed by atoms with Crippen molar-refractivity contribution in [2.75, 3.05) is 0 Å². The molecule has 0 heterocycles. The molecule has 0 nitrogen and oxygen atoms in total. The molecular weight excluding hydrogens is 1350 g/mol. The van der Waals surface area contributed by atoms with Gasteiger partial charge in [-0.2, -0.15) is 0 Å². The lowest BCUT2D eigenvalue weighted by Gasteiger charge is -2.24. The van der Waals surface area contributed by atoms with E-state index in [0.717, 1.165) is 0 Å². The Morgan fingerprint density at radius 2 is 0.152 bits per heavy atom. The van der Waals surface area contributed by atoms with Crippen molar-refractivity contribution in [2.24, 2.45) is 0 Å². The van der Waals surface area contributed by atoms with Crippen LogP contribution in [-0.2, 0) is 0 Å². The Labute approximate surface area is 675 Å². The summed E-state index contributed by atoms with van der Waals surface area (Å²) >= 11 is 0. The highest BCUT2D eigenvalue weighted by molar-refractivity contribution is 6.29. The van der Waals surface area contributed by atoms with Gasteiger partial charge in [-0.1, -0.05) is 367 Å². The van der Waals surface area contributed by atoms with Gasteiger partial charge in [-0.3, -0.25) is 0 Å². The van der Waals surface area contributed by atoms with Gasteiger partial charge in [0, 0.05) is 0 Å². The second-order valence-electron chi connectivity index (χ2n) is 39.2. The maximum absolute atomic E-state index is 2.48. The minimum absolute atomic E-state index is 0.524. The molecule has 584 valence electrons. The summed E-state index contributed by atoms with van der Waals surface area (Å²) in [6.07, 6.45) is 0. The first kappa shape index (κ1) is 81.7. The highest BCUT2D eigenvalue weighted by Gasteiger charge is 2.28. The van der Waals surface area contributed by atoms with Crippen LogP contribution in [0.2, 0.25) is 0 Å². The summed E-state index contributed by atoms with van der Waals surface area (Å²) in [5.74, 6) is 8.39. The molecular formula is C112H136. The van der Waals surface area contributed by atoms with Crippen molar-refractivity contribution in [1.82, 2.24) is 0 Å². The van der Waals surface area contributed by atoms with Crippen LogP contribution in [0.5, 0.6) is 0 Å². The number of benzene rings is 16. The average molecular weight is 1480 g/mol. The van der Waals surface area contributed by atoms with Crippen LogP contribution in [0, 0.1) is 0 Å². The molecule has 0 aliphatic heterocycles. The van der Waals surface area contributed by atoms with Gasteiger partial charge in [0.05, 0.1) is 0 Å². The molecule has 0 fully saturated rings. The lowest BCUT2D eigenvalue weighted by molar-refractivity contribution is 0.845. The van der Waals surface area contributed by atoms with Crippen LogP contribution in [-0.4, -0.2) is 0 Å². The minimum Gasteiger partial charge on any atom is -0.0587 e. The summed E-state index contributed by atoms with van der Waals surface area (Å²) in [5, 5.41) is 35.1. The molecule has 0 unspecified atom stereocenters. The molecule has 0 radical (unpaired) electrons. The monoisotopic (exact) mass is 1480 g/mol. The predicted octanol–water partition coefficient (Wildman–Crippen LogP) is 36.3. The zero-order valence-corrected chi connectivity index (χ0v) is 75.1. The highest BCUT2D eigenvalue weighted by atomic mass is 14.3. The van der Waals surface area contributed by atoms with Crippen LogP contribution in [0.3, 0.4) is 0 Å². The van der Waals surface area contributed by atoms with E-state index in [1.54, 1.807) is 0 Å². The van der Waals surface area contributed by atoms with E-state index in [4.69, 9.17) is 0 Å². The van der Waals surface area contributed by atoms with E-state index in [2.05, 4.69) is 367 Å². The van der Waals surface area contributed by atoms with Crippen molar-refractivity contribution in [2.45, 2.75) is 316 Å². The summed E-state index contributed by atoms with van der Waals surface area (Å²) in [5.41, 5.74) is 23.9. The molecule has 0 saturated carbocycles. The van der Waals surface area contributed by atoms with Crippen LogP contribution in [0.15, 0.2) is 146 Å². The van der Waals surface area contributed by atoms with Crippen molar-refractivity contribution >= 4 is 129 Å². The molecule has 0 amide bonds. The molecule has 16 aromatic rings. The van der Waals surface area contributed by atoms with E-state index < -0.39 is 0 Å². The van der Waals surface area contributed by atoms with Crippen LogP contribution < -0.4 is 0 Å². The predicted molar refractivity (Wildman–Crippen MR) is 506 cm³/mol. The zero-order chi connectivity index (χ0) is 81.3. The fraction of sp³-hybridized carbons (Fsp3) is 0.429. The van der Waals surface area contributed by atoms with E-state index in [1.165, 1.54) is 218 Å². The Kier molecular flexibility index (Phi) is 22.9. The Hall–Kier alpha value is -8.32. The third-order valence-corrected chi connectivity index (χ3v) is 26.1. The van der Waals surface area contributed by atoms with Gasteiger partial charge < -0.3 is 0 Å².